The highest BCUT2D eigenvalue weighted by molar-refractivity contribution is 6.12. The predicted octanol–water partition coefficient (Wildman–Crippen LogP) is 10.6. The largest absolute Gasteiger partial charge is 0.445 e. The molecule has 5 nitrogen and oxygen atoms in total. The van der Waals surface area contributed by atoms with Crippen molar-refractivity contribution in [2.24, 2.45) is 4.99 Å². The molecule has 1 aliphatic carbocycles. The van der Waals surface area contributed by atoms with Gasteiger partial charge in [-0.25, -0.2) is 4.98 Å². The fraction of sp³-hybridized carbons (Fsp3) is 0.0870. The lowest BCUT2D eigenvalue weighted by atomic mass is 9.74. The van der Waals surface area contributed by atoms with Gasteiger partial charge >= 0.3 is 0 Å². The summed E-state index contributed by atoms with van der Waals surface area (Å²) in [5.41, 5.74) is 11.6. The van der Waals surface area contributed by atoms with E-state index in [1.54, 1.807) is 0 Å². The van der Waals surface area contributed by atoms with E-state index in [0.717, 1.165) is 39.4 Å². The molecule has 5 heteroatoms. The summed E-state index contributed by atoms with van der Waals surface area (Å²) < 4.78 is 2.32. The van der Waals surface area contributed by atoms with Crippen LogP contribution >= 0.6 is 0 Å². The third-order valence-electron chi connectivity index (χ3n) is 10.7. The summed E-state index contributed by atoms with van der Waals surface area (Å²) in [6.07, 6.45) is 1.42. The fourth-order valence-electron chi connectivity index (χ4n) is 8.19. The molecule has 0 radical (unpaired) electrons. The molecular weight excluding hydrogens is 623 g/mol. The van der Waals surface area contributed by atoms with Crippen LogP contribution in [-0.4, -0.2) is 15.4 Å². The quantitative estimate of drug-likeness (QED) is 0.200. The minimum Gasteiger partial charge on any atom is -0.445 e. The van der Waals surface area contributed by atoms with E-state index in [9.17, 15) is 0 Å². The first-order valence-corrected chi connectivity index (χ1v) is 17.5. The van der Waals surface area contributed by atoms with Crippen molar-refractivity contribution >= 4 is 27.6 Å². The summed E-state index contributed by atoms with van der Waals surface area (Å²) in [5.74, 6) is 1.60. The van der Waals surface area contributed by atoms with Gasteiger partial charge in [0.15, 0.2) is 0 Å². The molecule has 244 valence electrons. The fourth-order valence-corrected chi connectivity index (χ4v) is 8.19. The van der Waals surface area contributed by atoms with Crippen LogP contribution in [0.3, 0.4) is 0 Å². The minimum absolute atomic E-state index is 0.230. The first kappa shape index (κ1) is 29.6. The Morgan fingerprint density at radius 1 is 0.608 bits per heavy atom. The van der Waals surface area contributed by atoms with Crippen molar-refractivity contribution < 1.29 is 0 Å². The molecule has 0 fully saturated rings. The number of para-hydroxylation sites is 1. The molecule has 10 rings (SSSR count). The first-order valence-electron chi connectivity index (χ1n) is 17.5. The average Bonchev–Trinajstić information content (AvgIpc) is 3.67. The third-order valence-corrected chi connectivity index (χ3v) is 10.7. The summed E-state index contributed by atoms with van der Waals surface area (Å²) in [4.78, 5) is 10.2. The van der Waals surface area contributed by atoms with Gasteiger partial charge in [0, 0.05) is 34.7 Å². The number of pyridine rings is 1. The predicted molar refractivity (Wildman–Crippen MR) is 207 cm³/mol. The van der Waals surface area contributed by atoms with E-state index in [1.807, 2.05) is 42.6 Å². The monoisotopic (exact) mass is 656 g/mol. The highest BCUT2D eigenvalue weighted by Gasteiger charge is 2.41. The molecule has 51 heavy (non-hydrogen) atoms. The first-order chi connectivity index (χ1) is 25.2. The zero-order chi connectivity index (χ0) is 33.9. The molecule has 0 amide bonds. The number of amidine groups is 1. The second kappa shape index (κ2) is 11.7. The Labute approximate surface area is 297 Å². The molecule has 0 spiro atoms. The third kappa shape index (κ3) is 4.66. The van der Waals surface area contributed by atoms with Crippen molar-refractivity contribution in [3.63, 3.8) is 0 Å². The Morgan fingerprint density at radius 3 is 2.10 bits per heavy atom. The lowest BCUT2D eigenvalue weighted by Crippen LogP contribution is -2.31. The van der Waals surface area contributed by atoms with Crippen molar-refractivity contribution in [2.75, 3.05) is 0 Å². The van der Waals surface area contributed by atoms with E-state index in [1.165, 1.54) is 38.6 Å². The molecular formula is C46H34N5-. The lowest BCUT2D eigenvalue weighted by Gasteiger charge is -2.40. The lowest BCUT2D eigenvalue weighted by molar-refractivity contribution is 0.487. The van der Waals surface area contributed by atoms with E-state index in [2.05, 4.69) is 144 Å². The summed E-state index contributed by atoms with van der Waals surface area (Å²) in [5, 5.41) is 11.2. The topological polar surface area (TPSA) is 56.3 Å². The maximum Gasteiger partial charge on any atom is 0.137 e. The van der Waals surface area contributed by atoms with Crippen LogP contribution in [0.4, 0.5) is 0 Å². The van der Waals surface area contributed by atoms with Gasteiger partial charge in [-0.3, -0.25) is 4.57 Å². The summed E-state index contributed by atoms with van der Waals surface area (Å²) in [6, 6.07) is 58.1. The molecule has 0 saturated carbocycles. The van der Waals surface area contributed by atoms with Crippen LogP contribution in [0.2, 0.25) is 0 Å². The minimum atomic E-state index is -0.309. The van der Waals surface area contributed by atoms with Gasteiger partial charge in [-0.2, -0.15) is 0 Å². The molecule has 3 unspecified atom stereocenters. The van der Waals surface area contributed by atoms with Gasteiger partial charge in [0.2, 0.25) is 0 Å². The van der Waals surface area contributed by atoms with Gasteiger partial charge in [0.05, 0.1) is 11.0 Å². The number of benzene rings is 6. The van der Waals surface area contributed by atoms with Crippen molar-refractivity contribution in [1.29, 1.82) is 0 Å². The number of hydrogen-bond donors (Lipinski definition) is 1. The molecule has 0 bridgehead atoms. The molecule has 8 aromatic rings. The molecule has 1 aliphatic heterocycles. The van der Waals surface area contributed by atoms with Crippen molar-refractivity contribution in [3.05, 3.63) is 209 Å². The smallest absolute Gasteiger partial charge is 0.137 e. The Kier molecular flexibility index (Phi) is 6.76. The number of fused-ring (bicyclic) bond motifs is 6. The second-order valence-corrected chi connectivity index (χ2v) is 13.6. The Morgan fingerprint density at radius 2 is 1.31 bits per heavy atom. The van der Waals surface area contributed by atoms with Gasteiger partial charge in [0.25, 0.3) is 0 Å². The number of nitrogens with zero attached hydrogens (tertiary/aromatic N) is 4. The van der Waals surface area contributed by atoms with E-state index in [4.69, 9.17) is 15.3 Å². The molecule has 3 heterocycles. The number of nitrogens with one attached hydrogen (secondary N) is 1. The summed E-state index contributed by atoms with van der Waals surface area (Å²) in [7, 11) is 0. The number of hydrogen-bond acceptors (Lipinski definition) is 3. The SMILES string of the molecule is CC1(c2ccccc2)c2ccccc2-c2cc3c4ccccc4n(-c4ccc(C5[N-]C(c6ccccc6)=NC(c6ccccc6)N5)cn4)c3cc21. The van der Waals surface area contributed by atoms with Gasteiger partial charge in [0.1, 0.15) is 5.82 Å². The molecule has 0 saturated heterocycles. The van der Waals surface area contributed by atoms with E-state index in [0.29, 0.717) is 0 Å². The van der Waals surface area contributed by atoms with E-state index >= 15 is 0 Å². The van der Waals surface area contributed by atoms with E-state index < -0.39 is 0 Å². The van der Waals surface area contributed by atoms with Crippen LogP contribution in [0.5, 0.6) is 0 Å². The second-order valence-electron chi connectivity index (χ2n) is 13.6. The molecule has 6 aromatic carbocycles. The van der Waals surface area contributed by atoms with Crippen LogP contribution < -0.4 is 5.32 Å². The van der Waals surface area contributed by atoms with Gasteiger partial charge in [-0.1, -0.05) is 145 Å². The molecule has 2 aromatic heterocycles. The standard InChI is InChI=1S/C46H34N5/c1-46(33-19-9-4-10-20-33)38-23-13-11-21-34(38)36-27-37-35-22-12-14-24-40(35)51(41(37)28-39(36)46)42-26-25-32(29-47-42)45-49-43(30-15-5-2-6-16-30)48-44(50-45)31-17-7-3-8-18-31/h2-29,43,45,49H,1H3/q-1. The maximum atomic E-state index is 5.14. The zero-order valence-electron chi connectivity index (χ0n) is 28.1. The number of aliphatic imine (C=N–C) groups is 1. The number of rotatable bonds is 5. The van der Waals surface area contributed by atoms with Gasteiger partial charge in [-0.15, -0.1) is 0 Å². The summed E-state index contributed by atoms with van der Waals surface area (Å²) in [6.45, 7) is 2.37. The van der Waals surface area contributed by atoms with Crippen LogP contribution in [-0.2, 0) is 5.41 Å². The van der Waals surface area contributed by atoms with Crippen molar-refractivity contribution in [1.82, 2.24) is 14.9 Å². The number of aromatic nitrogens is 2. The van der Waals surface area contributed by atoms with Gasteiger partial charge in [-0.05, 0) is 75.7 Å². The average molecular weight is 657 g/mol. The normalized spacial score (nSPS) is 19.4. The van der Waals surface area contributed by atoms with Crippen LogP contribution in [0, 0.1) is 0 Å². The molecule has 3 atom stereocenters. The zero-order valence-corrected chi connectivity index (χ0v) is 28.1. The van der Waals surface area contributed by atoms with Crippen LogP contribution in [0.1, 0.15) is 52.6 Å². The Balaban J connectivity index is 1.10. The van der Waals surface area contributed by atoms with Crippen molar-refractivity contribution in [3.8, 4) is 16.9 Å². The molecule has 2 aliphatic rings. The maximum absolute atomic E-state index is 5.14. The van der Waals surface area contributed by atoms with Crippen LogP contribution in [0.15, 0.2) is 175 Å². The van der Waals surface area contributed by atoms with Gasteiger partial charge < -0.3 is 15.6 Å². The Hall–Kier alpha value is -6.30. The Bertz CT molecular complexity index is 2590. The van der Waals surface area contributed by atoms with E-state index in [-0.39, 0.29) is 17.7 Å². The van der Waals surface area contributed by atoms with Crippen molar-refractivity contribution in [2.45, 2.75) is 24.7 Å². The highest BCUT2D eigenvalue weighted by atomic mass is 15.3. The highest BCUT2D eigenvalue weighted by Crippen LogP contribution is 2.54. The summed E-state index contributed by atoms with van der Waals surface area (Å²) >= 11 is 0. The molecule has 1 N–H and O–H groups in total. The van der Waals surface area contributed by atoms with Crippen LogP contribution in [0.25, 0.3) is 44.1 Å².